The molecule has 8 nitrogen and oxygen atoms in total. The molecule has 0 saturated carbocycles. The van der Waals surface area contributed by atoms with E-state index in [9.17, 15) is 9.59 Å². The fraction of sp³-hybridized carbons (Fsp3) is 0.389. The lowest BCUT2D eigenvalue weighted by Crippen LogP contribution is -2.22. The normalized spacial score (nSPS) is 10.5. The number of ether oxygens (including phenoxy) is 3. The summed E-state index contributed by atoms with van der Waals surface area (Å²) in [5.41, 5.74) is 2.10. The second-order valence-electron chi connectivity index (χ2n) is 5.69. The monoisotopic (exact) mass is 428 g/mol. The Morgan fingerprint density at radius 2 is 1.93 bits per heavy atom. The number of thioether (sulfide) groups is 1. The van der Waals surface area contributed by atoms with E-state index in [1.54, 1.807) is 6.07 Å². The van der Waals surface area contributed by atoms with E-state index in [1.807, 2.05) is 13.8 Å². The van der Waals surface area contributed by atoms with Crippen molar-refractivity contribution in [3.05, 3.63) is 34.2 Å². The number of hydrogen-bond donors (Lipinski definition) is 1. The number of hydrogen-bond acceptors (Lipinski definition) is 8. The molecule has 10 heteroatoms. The number of methoxy groups -OCH3 is 2. The molecule has 0 aliphatic rings. The molecule has 152 valence electrons. The number of esters is 1. The Morgan fingerprint density at radius 1 is 1.21 bits per heavy atom. The lowest BCUT2D eigenvalue weighted by atomic mass is 10.2. The van der Waals surface area contributed by atoms with E-state index in [1.165, 1.54) is 32.0 Å². The van der Waals surface area contributed by atoms with Gasteiger partial charge in [0.25, 0.3) is 5.91 Å². The molecule has 0 aliphatic heterocycles. The quantitative estimate of drug-likeness (QED) is 0.607. The number of carbonyl (C=O) groups is 2. The second kappa shape index (κ2) is 10.2. The van der Waals surface area contributed by atoms with Crippen molar-refractivity contribution < 1.29 is 28.3 Å². The van der Waals surface area contributed by atoms with Gasteiger partial charge in [-0.3, -0.25) is 9.59 Å². The molecular formula is C18H21ClN2O6S. The van der Waals surface area contributed by atoms with Gasteiger partial charge in [0, 0.05) is 17.4 Å². The number of carbonyl (C=O) groups excluding carboxylic acids is 2. The van der Waals surface area contributed by atoms with Gasteiger partial charge in [-0.25, -0.2) is 0 Å². The van der Waals surface area contributed by atoms with Crippen LogP contribution in [0.15, 0.2) is 16.7 Å². The molecule has 0 fully saturated rings. The van der Waals surface area contributed by atoms with Crippen molar-refractivity contribution in [1.82, 2.24) is 5.16 Å². The maximum Gasteiger partial charge on any atom is 0.316 e. The molecule has 0 unspecified atom stereocenters. The van der Waals surface area contributed by atoms with E-state index in [-0.39, 0.29) is 5.75 Å². The predicted molar refractivity (Wildman–Crippen MR) is 106 cm³/mol. The summed E-state index contributed by atoms with van der Waals surface area (Å²) in [7, 11) is 2.93. The zero-order valence-corrected chi connectivity index (χ0v) is 17.5. The van der Waals surface area contributed by atoms with Crippen molar-refractivity contribution in [2.45, 2.75) is 19.6 Å². The summed E-state index contributed by atoms with van der Waals surface area (Å²) in [4.78, 5) is 23.9. The SMILES string of the molecule is COc1cc(OC)c(NC(=O)COC(=O)CSCc2c(C)noc2C)cc1Cl. The predicted octanol–water partition coefficient (Wildman–Crippen LogP) is 3.38. The molecule has 28 heavy (non-hydrogen) atoms. The summed E-state index contributed by atoms with van der Waals surface area (Å²) in [6, 6.07) is 3.05. The number of benzene rings is 1. The van der Waals surface area contributed by atoms with Crippen LogP contribution in [0.5, 0.6) is 11.5 Å². The van der Waals surface area contributed by atoms with Crippen molar-refractivity contribution in [1.29, 1.82) is 0 Å². The number of aromatic nitrogens is 1. The summed E-state index contributed by atoms with van der Waals surface area (Å²) in [5, 5.41) is 6.76. The van der Waals surface area contributed by atoms with Crippen LogP contribution in [0.2, 0.25) is 5.02 Å². The van der Waals surface area contributed by atoms with Crippen LogP contribution in [0.4, 0.5) is 5.69 Å². The third-order valence-corrected chi connectivity index (χ3v) is 4.99. The van der Waals surface area contributed by atoms with Gasteiger partial charge in [0.05, 0.1) is 36.4 Å². The van der Waals surface area contributed by atoms with Gasteiger partial charge in [-0.2, -0.15) is 0 Å². The van der Waals surface area contributed by atoms with E-state index in [0.717, 1.165) is 17.0 Å². The number of nitrogens with zero attached hydrogens (tertiary/aromatic N) is 1. The molecule has 0 bridgehead atoms. The van der Waals surface area contributed by atoms with Gasteiger partial charge >= 0.3 is 5.97 Å². The minimum absolute atomic E-state index is 0.106. The van der Waals surface area contributed by atoms with Crippen molar-refractivity contribution in [3.8, 4) is 11.5 Å². The minimum Gasteiger partial charge on any atom is -0.495 e. The Morgan fingerprint density at radius 3 is 2.54 bits per heavy atom. The van der Waals surface area contributed by atoms with Gasteiger partial charge in [0.2, 0.25) is 0 Å². The Balaban J connectivity index is 1.80. The van der Waals surface area contributed by atoms with Gasteiger partial charge in [-0.1, -0.05) is 16.8 Å². The van der Waals surface area contributed by atoms with Crippen LogP contribution in [0.1, 0.15) is 17.0 Å². The van der Waals surface area contributed by atoms with Crippen molar-refractivity contribution in [3.63, 3.8) is 0 Å². The molecule has 1 N–H and O–H groups in total. The van der Waals surface area contributed by atoms with Gasteiger partial charge in [-0.15, -0.1) is 11.8 Å². The topological polar surface area (TPSA) is 99.9 Å². The Labute approximate surface area is 171 Å². The number of nitrogens with one attached hydrogen (secondary N) is 1. The molecule has 1 heterocycles. The smallest absolute Gasteiger partial charge is 0.316 e. The zero-order chi connectivity index (χ0) is 20.7. The first-order chi connectivity index (χ1) is 13.3. The maximum atomic E-state index is 12.1. The largest absolute Gasteiger partial charge is 0.495 e. The molecule has 0 spiro atoms. The first-order valence-electron chi connectivity index (χ1n) is 8.22. The molecule has 0 aliphatic carbocycles. The second-order valence-corrected chi connectivity index (χ2v) is 7.08. The Bertz CT molecular complexity index is 835. The van der Waals surface area contributed by atoms with Crippen LogP contribution in [0.3, 0.4) is 0 Å². The molecule has 1 aromatic carbocycles. The summed E-state index contributed by atoms with van der Waals surface area (Å²) < 4.78 is 20.4. The first kappa shape index (κ1) is 21.9. The standard InChI is InChI=1S/C18H21ClN2O6S/c1-10-12(11(2)27-21-10)8-28-9-18(23)26-7-17(22)20-14-5-13(19)15(24-3)6-16(14)25-4/h5-6H,7-9H2,1-4H3,(H,20,22). The number of anilines is 1. The van der Waals surface area contributed by atoms with Crippen molar-refractivity contribution in [2.75, 3.05) is 31.9 Å². The first-order valence-corrected chi connectivity index (χ1v) is 9.75. The van der Waals surface area contributed by atoms with Gasteiger partial charge < -0.3 is 24.1 Å². The summed E-state index contributed by atoms with van der Waals surface area (Å²) in [6.45, 7) is 3.24. The number of halogens is 1. The molecule has 1 amide bonds. The van der Waals surface area contributed by atoms with Crippen LogP contribution in [-0.4, -0.2) is 43.6 Å². The van der Waals surface area contributed by atoms with Crippen LogP contribution < -0.4 is 14.8 Å². The van der Waals surface area contributed by atoms with Crippen molar-refractivity contribution in [2.24, 2.45) is 0 Å². The van der Waals surface area contributed by atoms with Crippen LogP contribution in [0, 0.1) is 13.8 Å². The van der Waals surface area contributed by atoms with E-state index in [2.05, 4.69) is 10.5 Å². The summed E-state index contributed by atoms with van der Waals surface area (Å²) >= 11 is 7.42. The lowest BCUT2D eigenvalue weighted by molar-refractivity contribution is -0.144. The minimum atomic E-state index is -0.511. The van der Waals surface area contributed by atoms with Crippen LogP contribution in [-0.2, 0) is 20.1 Å². The Hall–Kier alpha value is -2.39. The van der Waals surface area contributed by atoms with Crippen LogP contribution in [0.25, 0.3) is 0 Å². The highest BCUT2D eigenvalue weighted by molar-refractivity contribution is 7.99. The molecule has 2 rings (SSSR count). The highest BCUT2D eigenvalue weighted by atomic mass is 35.5. The molecule has 0 saturated heterocycles. The van der Waals surface area contributed by atoms with E-state index in [0.29, 0.717) is 28.0 Å². The average molecular weight is 429 g/mol. The van der Waals surface area contributed by atoms with Gasteiger partial charge in [-0.05, 0) is 19.9 Å². The number of amides is 1. The van der Waals surface area contributed by atoms with Gasteiger partial charge in [0.1, 0.15) is 17.3 Å². The molecule has 0 radical (unpaired) electrons. The number of aryl methyl sites for hydroxylation is 2. The molecule has 0 atom stereocenters. The number of rotatable bonds is 9. The Kier molecular flexibility index (Phi) is 8.01. The third-order valence-electron chi connectivity index (χ3n) is 3.76. The molecule has 2 aromatic rings. The maximum absolute atomic E-state index is 12.1. The molecular weight excluding hydrogens is 408 g/mol. The van der Waals surface area contributed by atoms with E-state index >= 15 is 0 Å². The summed E-state index contributed by atoms with van der Waals surface area (Å²) in [5.74, 6) is 1.19. The third kappa shape index (κ3) is 5.80. The van der Waals surface area contributed by atoms with E-state index in [4.69, 9.17) is 30.3 Å². The fourth-order valence-corrected chi connectivity index (χ4v) is 3.49. The van der Waals surface area contributed by atoms with Crippen LogP contribution >= 0.6 is 23.4 Å². The average Bonchev–Trinajstić information content (AvgIpc) is 2.98. The fourth-order valence-electron chi connectivity index (χ4n) is 2.28. The highest BCUT2D eigenvalue weighted by Gasteiger charge is 2.15. The van der Waals surface area contributed by atoms with Crippen molar-refractivity contribution >= 4 is 40.9 Å². The zero-order valence-electron chi connectivity index (χ0n) is 16.0. The highest BCUT2D eigenvalue weighted by Crippen LogP contribution is 2.35. The molecule has 1 aromatic heterocycles. The van der Waals surface area contributed by atoms with Gasteiger partial charge in [0.15, 0.2) is 6.61 Å². The summed E-state index contributed by atoms with van der Waals surface area (Å²) in [6.07, 6.45) is 0. The lowest BCUT2D eigenvalue weighted by Gasteiger charge is -2.13. The van der Waals surface area contributed by atoms with E-state index < -0.39 is 18.5 Å².